The average molecular weight is 339 g/mol. The lowest BCUT2D eigenvalue weighted by molar-refractivity contribution is -0.136. The zero-order chi connectivity index (χ0) is 16.4. The SMILES string of the molecule is O=C(Nc1cccc(-c2csnn2)c1)C1OCOc2ccccc21. The third kappa shape index (κ3) is 2.86. The van der Waals surface area contributed by atoms with E-state index in [-0.39, 0.29) is 12.7 Å². The molecule has 0 spiro atoms. The molecule has 1 N–H and O–H groups in total. The van der Waals surface area contributed by atoms with Crippen LogP contribution in [0.5, 0.6) is 5.75 Å². The Morgan fingerprint density at radius 2 is 2.12 bits per heavy atom. The number of carbonyl (C=O) groups excluding carboxylic acids is 1. The summed E-state index contributed by atoms with van der Waals surface area (Å²) in [6, 6.07) is 14.9. The van der Waals surface area contributed by atoms with Crippen molar-refractivity contribution in [3.05, 3.63) is 59.5 Å². The Balaban J connectivity index is 1.56. The topological polar surface area (TPSA) is 73.3 Å². The van der Waals surface area contributed by atoms with Gasteiger partial charge in [-0.3, -0.25) is 4.79 Å². The fourth-order valence-electron chi connectivity index (χ4n) is 2.56. The molecule has 1 atom stereocenters. The summed E-state index contributed by atoms with van der Waals surface area (Å²) in [6.45, 7) is 0.0552. The van der Waals surface area contributed by atoms with E-state index in [1.54, 1.807) is 0 Å². The lowest BCUT2D eigenvalue weighted by atomic mass is 10.1. The zero-order valence-corrected chi connectivity index (χ0v) is 13.3. The van der Waals surface area contributed by atoms with E-state index in [4.69, 9.17) is 9.47 Å². The molecule has 0 radical (unpaired) electrons. The number of para-hydroxylation sites is 1. The van der Waals surface area contributed by atoms with Crippen molar-refractivity contribution < 1.29 is 14.3 Å². The highest BCUT2D eigenvalue weighted by Crippen LogP contribution is 2.32. The van der Waals surface area contributed by atoms with Gasteiger partial charge in [0.05, 0.1) is 0 Å². The number of benzene rings is 2. The average Bonchev–Trinajstić information content (AvgIpc) is 3.16. The maximum Gasteiger partial charge on any atom is 0.258 e. The van der Waals surface area contributed by atoms with Gasteiger partial charge in [0.25, 0.3) is 5.91 Å². The van der Waals surface area contributed by atoms with Gasteiger partial charge in [0.1, 0.15) is 11.4 Å². The Hall–Kier alpha value is -2.77. The minimum atomic E-state index is -0.695. The number of nitrogens with one attached hydrogen (secondary N) is 1. The molecule has 3 aromatic rings. The summed E-state index contributed by atoms with van der Waals surface area (Å²) in [7, 11) is 0. The second-order valence-corrected chi connectivity index (χ2v) is 5.82. The molecular weight excluding hydrogens is 326 g/mol. The third-order valence-electron chi connectivity index (χ3n) is 3.67. The van der Waals surface area contributed by atoms with E-state index in [0.29, 0.717) is 11.4 Å². The molecule has 0 bridgehead atoms. The van der Waals surface area contributed by atoms with Crippen LogP contribution in [0.3, 0.4) is 0 Å². The van der Waals surface area contributed by atoms with Gasteiger partial charge in [-0.2, -0.15) is 0 Å². The van der Waals surface area contributed by atoms with Crippen LogP contribution in [0.25, 0.3) is 11.3 Å². The first-order chi connectivity index (χ1) is 11.8. The number of ether oxygens (including phenoxy) is 2. The van der Waals surface area contributed by atoms with E-state index in [9.17, 15) is 4.79 Å². The second kappa shape index (κ2) is 6.38. The zero-order valence-electron chi connectivity index (χ0n) is 12.5. The molecule has 1 aliphatic heterocycles. The molecule has 0 fully saturated rings. The molecule has 4 rings (SSSR count). The molecule has 24 heavy (non-hydrogen) atoms. The number of hydrogen-bond acceptors (Lipinski definition) is 6. The number of rotatable bonds is 3. The number of amides is 1. The van der Waals surface area contributed by atoms with Gasteiger partial charge in [0.15, 0.2) is 12.9 Å². The molecular formula is C17H13N3O3S. The summed E-state index contributed by atoms with van der Waals surface area (Å²) >= 11 is 1.29. The van der Waals surface area contributed by atoms with Crippen LogP contribution >= 0.6 is 11.5 Å². The minimum Gasteiger partial charge on any atom is -0.467 e. The van der Waals surface area contributed by atoms with Crippen LogP contribution in [0.1, 0.15) is 11.7 Å². The predicted molar refractivity (Wildman–Crippen MR) is 89.7 cm³/mol. The number of carbonyl (C=O) groups is 1. The van der Waals surface area contributed by atoms with E-state index in [2.05, 4.69) is 14.9 Å². The van der Waals surface area contributed by atoms with Crippen LogP contribution in [0.15, 0.2) is 53.9 Å². The van der Waals surface area contributed by atoms with Gasteiger partial charge in [-0.05, 0) is 29.7 Å². The van der Waals surface area contributed by atoms with Crippen molar-refractivity contribution in [3.8, 4) is 17.0 Å². The maximum absolute atomic E-state index is 12.6. The van der Waals surface area contributed by atoms with E-state index in [0.717, 1.165) is 16.8 Å². The van der Waals surface area contributed by atoms with E-state index >= 15 is 0 Å². The van der Waals surface area contributed by atoms with Crippen LogP contribution < -0.4 is 10.1 Å². The lowest BCUT2D eigenvalue weighted by Gasteiger charge is -2.25. The van der Waals surface area contributed by atoms with Crippen molar-refractivity contribution >= 4 is 23.1 Å². The molecule has 7 heteroatoms. The standard InChI is InChI=1S/C17H13N3O3S/c21-17(16-13-6-1-2-7-15(13)22-10-23-16)18-12-5-3-4-11(8-12)14-9-24-20-19-14/h1-9,16H,10H2,(H,18,21). The second-order valence-electron chi connectivity index (χ2n) is 5.21. The molecule has 0 saturated heterocycles. The Labute approximate surface area is 142 Å². The highest BCUT2D eigenvalue weighted by Gasteiger charge is 2.28. The Morgan fingerprint density at radius 1 is 1.21 bits per heavy atom. The van der Waals surface area contributed by atoms with Crippen molar-refractivity contribution in [3.63, 3.8) is 0 Å². The third-order valence-corrected chi connectivity index (χ3v) is 4.18. The highest BCUT2D eigenvalue weighted by atomic mass is 32.1. The van der Waals surface area contributed by atoms with Crippen LogP contribution in [-0.4, -0.2) is 22.3 Å². The predicted octanol–water partition coefficient (Wildman–Crippen LogP) is 3.25. The van der Waals surface area contributed by atoms with Gasteiger partial charge in [-0.25, -0.2) is 0 Å². The first-order valence-corrected chi connectivity index (χ1v) is 8.16. The molecule has 1 aromatic heterocycles. The molecule has 1 aliphatic rings. The summed E-state index contributed by atoms with van der Waals surface area (Å²) in [5.74, 6) is 0.436. The van der Waals surface area contributed by atoms with Gasteiger partial charge in [0.2, 0.25) is 0 Å². The van der Waals surface area contributed by atoms with Gasteiger partial charge in [-0.1, -0.05) is 34.8 Å². The van der Waals surface area contributed by atoms with Crippen molar-refractivity contribution in [2.45, 2.75) is 6.10 Å². The monoisotopic (exact) mass is 339 g/mol. The van der Waals surface area contributed by atoms with Crippen LogP contribution in [0.4, 0.5) is 5.69 Å². The van der Waals surface area contributed by atoms with Crippen molar-refractivity contribution in [1.82, 2.24) is 9.59 Å². The van der Waals surface area contributed by atoms with E-state index in [1.165, 1.54) is 11.5 Å². The van der Waals surface area contributed by atoms with Crippen molar-refractivity contribution in [1.29, 1.82) is 0 Å². The Kier molecular flexibility index (Phi) is 3.94. The van der Waals surface area contributed by atoms with E-state index < -0.39 is 6.10 Å². The molecule has 0 saturated carbocycles. The Morgan fingerprint density at radius 3 is 3.00 bits per heavy atom. The molecule has 1 unspecified atom stereocenters. The molecule has 6 nitrogen and oxygen atoms in total. The van der Waals surface area contributed by atoms with Gasteiger partial charge in [0, 0.05) is 22.2 Å². The number of anilines is 1. The van der Waals surface area contributed by atoms with Crippen LogP contribution in [-0.2, 0) is 9.53 Å². The summed E-state index contributed by atoms with van der Waals surface area (Å²) in [6.07, 6.45) is -0.695. The van der Waals surface area contributed by atoms with Gasteiger partial charge in [-0.15, -0.1) is 5.10 Å². The largest absolute Gasteiger partial charge is 0.467 e. The normalized spacial score (nSPS) is 16.1. The molecule has 2 aromatic carbocycles. The number of hydrogen-bond donors (Lipinski definition) is 1. The van der Waals surface area contributed by atoms with E-state index in [1.807, 2.05) is 53.9 Å². The summed E-state index contributed by atoms with van der Waals surface area (Å²) in [5.41, 5.74) is 3.08. The molecule has 120 valence electrons. The number of nitrogens with zero attached hydrogens (tertiary/aromatic N) is 2. The summed E-state index contributed by atoms with van der Waals surface area (Å²) in [5, 5.41) is 8.79. The maximum atomic E-state index is 12.6. The first-order valence-electron chi connectivity index (χ1n) is 7.33. The van der Waals surface area contributed by atoms with Gasteiger partial charge < -0.3 is 14.8 Å². The minimum absolute atomic E-state index is 0.0552. The van der Waals surface area contributed by atoms with Crippen LogP contribution in [0, 0.1) is 0 Å². The smallest absolute Gasteiger partial charge is 0.258 e. The number of fused-ring (bicyclic) bond motifs is 1. The summed E-state index contributed by atoms with van der Waals surface area (Å²) < 4.78 is 14.7. The fourth-order valence-corrected chi connectivity index (χ4v) is 3.02. The first kappa shape index (κ1) is 14.8. The van der Waals surface area contributed by atoms with Crippen molar-refractivity contribution in [2.24, 2.45) is 0 Å². The summed E-state index contributed by atoms with van der Waals surface area (Å²) in [4.78, 5) is 12.6. The quantitative estimate of drug-likeness (QED) is 0.793. The van der Waals surface area contributed by atoms with Crippen molar-refractivity contribution in [2.75, 3.05) is 12.1 Å². The van der Waals surface area contributed by atoms with Gasteiger partial charge >= 0.3 is 0 Å². The molecule has 1 amide bonds. The fraction of sp³-hybridized carbons (Fsp3) is 0.118. The lowest BCUT2D eigenvalue weighted by Crippen LogP contribution is -2.28. The highest BCUT2D eigenvalue weighted by molar-refractivity contribution is 7.03. The number of aromatic nitrogens is 2. The Bertz CT molecular complexity index is 867. The molecule has 2 heterocycles. The molecule has 0 aliphatic carbocycles. The van der Waals surface area contributed by atoms with Crippen LogP contribution in [0.2, 0.25) is 0 Å².